The Morgan fingerprint density at radius 3 is 2.33 bits per heavy atom. The average molecular weight is 252 g/mol. The molecular weight excluding hydrogens is 224 g/mol. The number of ether oxygens (including phenoxy) is 1. The van der Waals surface area contributed by atoms with Crippen molar-refractivity contribution in [2.24, 2.45) is 17.3 Å². The number of aliphatic hydroxyl groups excluding tert-OH is 1. The molecule has 1 N–H and O–H groups in total. The summed E-state index contributed by atoms with van der Waals surface area (Å²) >= 11 is 0. The second-order valence-corrected chi connectivity index (χ2v) is 7.21. The summed E-state index contributed by atoms with van der Waals surface area (Å²) in [6.07, 6.45) is 10.4. The van der Waals surface area contributed by atoms with Gasteiger partial charge in [0.25, 0.3) is 0 Å². The Labute approximate surface area is 111 Å². The minimum absolute atomic E-state index is 0.0788. The lowest BCUT2D eigenvalue weighted by Crippen LogP contribution is -2.57. The van der Waals surface area contributed by atoms with Gasteiger partial charge >= 0.3 is 0 Å². The third kappa shape index (κ3) is 2.02. The molecule has 1 spiro atoms. The largest absolute Gasteiger partial charge is 0.392 e. The van der Waals surface area contributed by atoms with E-state index in [4.69, 9.17) is 4.74 Å². The first-order valence-corrected chi connectivity index (χ1v) is 7.95. The van der Waals surface area contributed by atoms with E-state index >= 15 is 0 Å². The summed E-state index contributed by atoms with van der Waals surface area (Å²) in [6.45, 7) is 4.73. The third-order valence-corrected chi connectivity index (χ3v) is 6.18. The molecule has 3 aliphatic carbocycles. The third-order valence-electron chi connectivity index (χ3n) is 6.18. The van der Waals surface area contributed by atoms with Gasteiger partial charge in [0.05, 0.1) is 18.3 Å². The molecule has 0 amide bonds. The second kappa shape index (κ2) is 4.79. The van der Waals surface area contributed by atoms with Gasteiger partial charge in [-0.3, -0.25) is 0 Å². The Morgan fingerprint density at radius 2 is 1.72 bits per heavy atom. The van der Waals surface area contributed by atoms with Crippen molar-refractivity contribution < 1.29 is 9.84 Å². The van der Waals surface area contributed by atoms with Gasteiger partial charge in [-0.15, -0.1) is 0 Å². The second-order valence-electron chi connectivity index (χ2n) is 7.21. The maximum absolute atomic E-state index is 10.1. The van der Waals surface area contributed by atoms with Crippen molar-refractivity contribution in [2.45, 2.75) is 83.5 Å². The molecule has 0 aromatic heterocycles. The van der Waals surface area contributed by atoms with Crippen LogP contribution in [0.2, 0.25) is 0 Å². The van der Waals surface area contributed by atoms with Crippen molar-refractivity contribution >= 4 is 0 Å². The van der Waals surface area contributed by atoms with E-state index in [2.05, 4.69) is 13.8 Å². The summed E-state index contributed by atoms with van der Waals surface area (Å²) in [5, 5.41) is 10.1. The fraction of sp³-hybridized carbons (Fsp3) is 1.00. The molecule has 0 radical (unpaired) electrons. The minimum atomic E-state index is -0.0788. The highest BCUT2D eigenvalue weighted by Gasteiger charge is 2.56. The van der Waals surface area contributed by atoms with E-state index in [1.807, 2.05) is 0 Å². The molecule has 3 rings (SSSR count). The van der Waals surface area contributed by atoms with Crippen LogP contribution in [0.15, 0.2) is 0 Å². The van der Waals surface area contributed by atoms with Crippen LogP contribution in [0, 0.1) is 17.3 Å². The lowest BCUT2D eigenvalue weighted by atomic mass is 9.62. The normalized spacial score (nSPS) is 47.2. The summed E-state index contributed by atoms with van der Waals surface area (Å²) < 4.78 is 6.39. The molecule has 2 heteroatoms. The molecule has 5 unspecified atom stereocenters. The van der Waals surface area contributed by atoms with Crippen LogP contribution in [0.5, 0.6) is 0 Å². The van der Waals surface area contributed by atoms with E-state index in [1.54, 1.807) is 0 Å². The van der Waals surface area contributed by atoms with Crippen LogP contribution in [0.3, 0.4) is 0 Å². The predicted molar refractivity (Wildman–Crippen MR) is 72.4 cm³/mol. The Morgan fingerprint density at radius 1 is 1.00 bits per heavy atom. The Balaban J connectivity index is 1.57. The van der Waals surface area contributed by atoms with Gasteiger partial charge in [0.2, 0.25) is 0 Å². The number of hydrogen-bond acceptors (Lipinski definition) is 2. The number of aliphatic hydroxyl groups is 1. The van der Waals surface area contributed by atoms with Gasteiger partial charge < -0.3 is 9.84 Å². The van der Waals surface area contributed by atoms with Gasteiger partial charge in [0, 0.05) is 11.8 Å². The fourth-order valence-corrected chi connectivity index (χ4v) is 4.46. The summed E-state index contributed by atoms with van der Waals surface area (Å²) in [5.74, 6) is 1.66. The predicted octanol–water partition coefficient (Wildman–Crippen LogP) is 3.52. The summed E-state index contributed by atoms with van der Waals surface area (Å²) in [5.41, 5.74) is 0.159. The van der Waals surface area contributed by atoms with Gasteiger partial charge in [0.1, 0.15) is 0 Å². The van der Waals surface area contributed by atoms with Crippen molar-refractivity contribution in [1.82, 2.24) is 0 Å². The molecule has 0 aromatic rings. The van der Waals surface area contributed by atoms with Crippen LogP contribution >= 0.6 is 0 Å². The molecule has 3 saturated carbocycles. The van der Waals surface area contributed by atoms with Gasteiger partial charge in [-0.2, -0.15) is 0 Å². The lowest BCUT2D eigenvalue weighted by molar-refractivity contribution is -0.214. The SMILES string of the molecule is CC1CCC(OC2CC(O)C23CCCC3)CC1C. The van der Waals surface area contributed by atoms with Crippen LogP contribution in [-0.4, -0.2) is 23.4 Å². The van der Waals surface area contributed by atoms with Crippen molar-refractivity contribution in [3.63, 3.8) is 0 Å². The first-order chi connectivity index (χ1) is 8.62. The van der Waals surface area contributed by atoms with Crippen LogP contribution < -0.4 is 0 Å². The fourth-order valence-electron chi connectivity index (χ4n) is 4.46. The van der Waals surface area contributed by atoms with E-state index in [-0.39, 0.29) is 11.5 Å². The maximum Gasteiger partial charge on any atom is 0.0684 e. The molecular formula is C16H28O2. The monoisotopic (exact) mass is 252 g/mol. The standard InChI is InChI=1S/C16H28O2/c1-11-5-6-13(9-12(11)2)18-15-10-14(17)16(15)7-3-4-8-16/h11-15,17H,3-10H2,1-2H3. The molecule has 2 nitrogen and oxygen atoms in total. The molecule has 0 saturated heterocycles. The highest BCUT2D eigenvalue weighted by Crippen LogP contribution is 2.55. The highest BCUT2D eigenvalue weighted by molar-refractivity contribution is 5.06. The zero-order valence-corrected chi connectivity index (χ0v) is 11.9. The van der Waals surface area contributed by atoms with Crippen LogP contribution in [0.25, 0.3) is 0 Å². The van der Waals surface area contributed by atoms with Crippen LogP contribution in [0.4, 0.5) is 0 Å². The first kappa shape index (κ1) is 12.9. The van der Waals surface area contributed by atoms with E-state index in [0.29, 0.717) is 12.2 Å². The molecule has 3 fully saturated rings. The van der Waals surface area contributed by atoms with Gasteiger partial charge in [-0.05, 0) is 43.9 Å². The van der Waals surface area contributed by atoms with Crippen molar-refractivity contribution in [1.29, 1.82) is 0 Å². The minimum Gasteiger partial charge on any atom is -0.392 e. The van der Waals surface area contributed by atoms with E-state index in [1.165, 1.54) is 44.9 Å². The summed E-state index contributed by atoms with van der Waals surface area (Å²) in [7, 11) is 0. The maximum atomic E-state index is 10.1. The molecule has 0 aliphatic heterocycles. The van der Waals surface area contributed by atoms with Crippen LogP contribution in [-0.2, 0) is 4.74 Å². The Kier molecular flexibility index (Phi) is 3.44. The van der Waals surface area contributed by atoms with E-state index < -0.39 is 0 Å². The molecule has 0 bridgehead atoms. The first-order valence-electron chi connectivity index (χ1n) is 7.95. The number of hydrogen-bond donors (Lipinski definition) is 1. The Hall–Kier alpha value is -0.0800. The topological polar surface area (TPSA) is 29.5 Å². The zero-order valence-electron chi connectivity index (χ0n) is 11.9. The number of rotatable bonds is 2. The molecule has 104 valence electrons. The zero-order chi connectivity index (χ0) is 12.8. The Bertz CT molecular complexity index is 295. The average Bonchev–Trinajstić information content (AvgIpc) is 2.85. The molecule has 0 heterocycles. The van der Waals surface area contributed by atoms with Gasteiger partial charge in [0.15, 0.2) is 0 Å². The summed E-state index contributed by atoms with van der Waals surface area (Å²) in [6, 6.07) is 0. The van der Waals surface area contributed by atoms with Gasteiger partial charge in [-0.1, -0.05) is 26.7 Å². The van der Waals surface area contributed by atoms with Gasteiger partial charge in [-0.25, -0.2) is 0 Å². The van der Waals surface area contributed by atoms with Crippen molar-refractivity contribution in [3.8, 4) is 0 Å². The quantitative estimate of drug-likeness (QED) is 0.815. The highest BCUT2D eigenvalue weighted by atomic mass is 16.5. The van der Waals surface area contributed by atoms with Crippen molar-refractivity contribution in [3.05, 3.63) is 0 Å². The smallest absolute Gasteiger partial charge is 0.0684 e. The molecule has 5 atom stereocenters. The molecule has 18 heavy (non-hydrogen) atoms. The molecule has 3 aliphatic rings. The van der Waals surface area contributed by atoms with Crippen molar-refractivity contribution in [2.75, 3.05) is 0 Å². The van der Waals surface area contributed by atoms with E-state index in [9.17, 15) is 5.11 Å². The van der Waals surface area contributed by atoms with E-state index in [0.717, 1.165) is 18.3 Å². The molecule has 0 aromatic carbocycles. The lowest BCUT2D eigenvalue weighted by Gasteiger charge is -2.53. The van der Waals surface area contributed by atoms with Crippen LogP contribution in [0.1, 0.15) is 65.2 Å². The summed E-state index contributed by atoms with van der Waals surface area (Å²) in [4.78, 5) is 0.